The van der Waals surface area contributed by atoms with Gasteiger partial charge in [-0.1, -0.05) is 60.7 Å². The average Bonchev–Trinajstić information content (AvgIpc) is 3.47. The van der Waals surface area contributed by atoms with Crippen molar-refractivity contribution in [3.63, 3.8) is 0 Å². The van der Waals surface area contributed by atoms with Crippen molar-refractivity contribution < 1.29 is 32.3 Å². The summed E-state index contributed by atoms with van der Waals surface area (Å²) < 4.78 is 48.6. The zero-order chi connectivity index (χ0) is 27.4. The monoisotopic (exact) mass is 555 g/mol. The van der Waals surface area contributed by atoms with Gasteiger partial charge in [0.1, 0.15) is 11.5 Å². The molecule has 1 aliphatic rings. The lowest BCUT2D eigenvalue weighted by Crippen LogP contribution is -2.04. The Kier molecular flexibility index (Phi) is 7.38. The maximum atomic E-state index is 14.2. The first-order valence-electron chi connectivity index (χ1n) is 12.6. The van der Waals surface area contributed by atoms with Crippen LogP contribution in [-0.2, 0) is 26.8 Å². The van der Waals surface area contributed by atoms with Gasteiger partial charge in [-0.15, -0.1) is 0 Å². The first kappa shape index (κ1) is 25.9. The number of pyridine rings is 1. The normalized spacial score (nSPS) is 12.4. The largest absolute Gasteiger partial charge is 0.530 e. The third-order valence-corrected chi connectivity index (χ3v) is 7.64. The predicted octanol–water partition coefficient (Wildman–Crippen LogP) is 7.56. The number of rotatable bonds is 10. The molecular weight excluding hydrogens is 529 g/mol. The Hall–Kier alpha value is -4.36. The molecule has 0 unspecified atom stereocenters. The fourth-order valence-electron chi connectivity index (χ4n) is 4.24. The molecule has 0 saturated carbocycles. The minimum Gasteiger partial charge on any atom is -0.497 e. The number of nitrogens with zero attached hydrogens (tertiary/aromatic N) is 1. The molecule has 1 aromatic heterocycles. The Morgan fingerprint density at radius 3 is 1.98 bits per heavy atom. The summed E-state index contributed by atoms with van der Waals surface area (Å²) in [5.74, 6) is 2.11. The first-order chi connectivity index (χ1) is 19.6. The fraction of sp³-hybridized carbons (Fsp3) is 0.129. The Morgan fingerprint density at radius 2 is 1.38 bits per heavy atom. The van der Waals surface area contributed by atoms with E-state index in [1.165, 1.54) is 0 Å². The minimum atomic E-state index is -4.14. The number of fused-ring (bicyclic) bond motifs is 2. The van der Waals surface area contributed by atoms with Crippen molar-refractivity contribution in [1.82, 2.24) is 4.98 Å². The van der Waals surface area contributed by atoms with Crippen molar-refractivity contribution in [1.29, 1.82) is 0 Å². The number of aromatic nitrogens is 1. The van der Waals surface area contributed by atoms with Gasteiger partial charge in [-0.3, -0.25) is 9.05 Å². The van der Waals surface area contributed by atoms with Crippen molar-refractivity contribution >= 4 is 18.7 Å². The highest BCUT2D eigenvalue weighted by molar-refractivity contribution is 7.48. The Bertz CT molecular complexity index is 1610. The van der Waals surface area contributed by atoms with Crippen molar-refractivity contribution in [3.05, 3.63) is 114 Å². The van der Waals surface area contributed by atoms with E-state index in [-0.39, 0.29) is 25.8 Å². The van der Waals surface area contributed by atoms with Crippen molar-refractivity contribution in [2.75, 3.05) is 13.9 Å². The SMILES string of the molecule is COc1ccc(-c2cc(OP(=O)(OCc3ccccc3)OCc3ccccc3)c3cc4c(cc3n2)OCO4)cc1. The lowest BCUT2D eigenvalue weighted by molar-refractivity contribution is 0.143. The van der Waals surface area contributed by atoms with E-state index in [0.29, 0.717) is 28.1 Å². The van der Waals surface area contributed by atoms with Gasteiger partial charge in [0.2, 0.25) is 6.79 Å². The third kappa shape index (κ3) is 5.80. The maximum Gasteiger partial charge on any atom is 0.530 e. The molecule has 0 saturated heterocycles. The standard InChI is InChI=1S/C31H26NO7P/c1-34-25-14-12-24(13-15-25)27-17-29(26-16-30-31(36-21-35-30)18-28(26)32-27)39-40(33,37-19-22-8-4-2-5-9-22)38-20-23-10-6-3-7-11-23/h2-18H,19-21H2,1H3. The van der Waals surface area contributed by atoms with Gasteiger partial charge < -0.3 is 18.7 Å². The van der Waals surface area contributed by atoms with E-state index < -0.39 is 7.82 Å². The molecule has 5 aromatic rings. The van der Waals surface area contributed by atoms with Crippen LogP contribution in [0.1, 0.15) is 11.1 Å². The van der Waals surface area contributed by atoms with E-state index in [1.54, 1.807) is 25.3 Å². The van der Waals surface area contributed by atoms with Gasteiger partial charge in [-0.05, 0) is 41.5 Å². The number of benzene rings is 4. The van der Waals surface area contributed by atoms with Crippen LogP contribution < -0.4 is 18.7 Å². The molecule has 9 heteroatoms. The number of phosphoric ester groups is 1. The zero-order valence-corrected chi connectivity index (χ0v) is 22.6. The smallest absolute Gasteiger partial charge is 0.497 e. The van der Waals surface area contributed by atoms with Crippen LogP contribution in [0.2, 0.25) is 0 Å². The van der Waals surface area contributed by atoms with Crippen molar-refractivity contribution in [3.8, 4) is 34.3 Å². The van der Waals surface area contributed by atoms with Crippen LogP contribution in [0.5, 0.6) is 23.0 Å². The van der Waals surface area contributed by atoms with E-state index in [1.807, 2.05) is 84.9 Å². The number of hydrogen-bond donors (Lipinski definition) is 0. The van der Waals surface area contributed by atoms with Crippen molar-refractivity contribution in [2.45, 2.75) is 13.2 Å². The number of phosphoric acid groups is 1. The molecule has 40 heavy (non-hydrogen) atoms. The molecule has 2 heterocycles. The Balaban J connectivity index is 1.40. The van der Waals surface area contributed by atoms with Crippen LogP contribution in [0.4, 0.5) is 0 Å². The third-order valence-electron chi connectivity index (χ3n) is 6.33. The van der Waals surface area contributed by atoms with Gasteiger partial charge in [0.15, 0.2) is 11.5 Å². The van der Waals surface area contributed by atoms with Gasteiger partial charge in [0, 0.05) is 23.1 Å². The molecule has 8 nitrogen and oxygen atoms in total. The van der Waals surface area contributed by atoms with E-state index in [2.05, 4.69) is 0 Å². The highest BCUT2D eigenvalue weighted by Gasteiger charge is 2.31. The number of hydrogen-bond acceptors (Lipinski definition) is 8. The lowest BCUT2D eigenvalue weighted by atomic mass is 10.1. The summed E-state index contributed by atoms with van der Waals surface area (Å²) in [6.45, 7) is 0.174. The van der Waals surface area contributed by atoms with Crippen LogP contribution >= 0.6 is 7.82 Å². The summed E-state index contributed by atoms with van der Waals surface area (Å²) in [7, 11) is -2.53. The molecule has 202 valence electrons. The Morgan fingerprint density at radius 1 is 0.775 bits per heavy atom. The summed E-state index contributed by atoms with van der Waals surface area (Å²) in [6.07, 6.45) is 0. The van der Waals surface area contributed by atoms with Crippen LogP contribution in [-0.4, -0.2) is 18.9 Å². The average molecular weight is 556 g/mol. The highest BCUT2D eigenvalue weighted by atomic mass is 31.2. The molecule has 1 aliphatic heterocycles. The molecule has 0 radical (unpaired) electrons. The lowest BCUT2D eigenvalue weighted by Gasteiger charge is -2.20. The molecule has 0 fully saturated rings. The summed E-state index contributed by atoms with van der Waals surface area (Å²) in [6, 6.07) is 31.6. The van der Waals surface area contributed by atoms with Crippen LogP contribution in [0.15, 0.2) is 103 Å². The van der Waals surface area contributed by atoms with Crippen LogP contribution in [0.3, 0.4) is 0 Å². The van der Waals surface area contributed by atoms with Gasteiger partial charge in [-0.25, -0.2) is 9.55 Å². The molecule has 6 rings (SSSR count). The van der Waals surface area contributed by atoms with Gasteiger partial charge in [0.25, 0.3) is 0 Å². The van der Waals surface area contributed by atoms with E-state index in [4.69, 9.17) is 32.8 Å². The zero-order valence-electron chi connectivity index (χ0n) is 21.7. The van der Waals surface area contributed by atoms with E-state index in [0.717, 1.165) is 22.4 Å². The molecule has 0 atom stereocenters. The van der Waals surface area contributed by atoms with Crippen LogP contribution in [0.25, 0.3) is 22.2 Å². The Labute approximate surface area is 231 Å². The van der Waals surface area contributed by atoms with Gasteiger partial charge >= 0.3 is 7.82 Å². The number of methoxy groups -OCH3 is 1. The summed E-state index contributed by atoms with van der Waals surface area (Å²) in [5.41, 5.74) is 3.65. The highest BCUT2D eigenvalue weighted by Crippen LogP contribution is 2.53. The molecule has 0 bridgehead atoms. The van der Waals surface area contributed by atoms with Crippen LogP contribution in [0, 0.1) is 0 Å². The second-order valence-electron chi connectivity index (χ2n) is 9.01. The second kappa shape index (κ2) is 11.4. The summed E-state index contributed by atoms with van der Waals surface area (Å²) in [5, 5.41) is 0.577. The molecule has 0 N–H and O–H groups in total. The maximum absolute atomic E-state index is 14.2. The second-order valence-corrected chi connectivity index (χ2v) is 10.6. The minimum absolute atomic E-state index is 0.0353. The number of ether oxygens (including phenoxy) is 3. The molecule has 0 amide bonds. The molecular formula is C31H26NO7P. The quantitative estimate of drug-likeness (QED) is 0.163. The summed E-state index contributed by atoms with van der Waals surface area (Å²) >= 11 is 0. The van der Waals surface area contributed by atoms with Gasteiger partial charge in [0.05, 0.1) is 31.5 Å². The van der Waals surface area contributed by atoms with E-state index in [9.17, 15) is 4.57 Å². The van der Waals surface area contributed by atoms with Crippen molar-refractivity contribution in [2.24, 2.45) is 0 Å². The molecule has 4 aromatic carbocycles. The fourth-order valence-corrected chi connectivity index (χ4v) is 5.42. The van der Waals surface area contributed by atoms with Gasteiger partial charge in [-0.2, -0.15) is 0 Å². The topological polar surface area (TPSA) is 85.3 Å². The summed E-state index contributed by atoms with van der Waals surface area (Å²) in [4.78, 5) is 4.83. The molecule has 0 aliphatic carbocycles. The van der Waals surface area contributed by atoms with E-state index >= 15 is 0 Å². The molecule has 0 spiro atoms. The first-order valence-corrected chi connectivity index (χ1v) is 14.1. The predicted molar refractivity (Wildman–Crippen MR) is 151 cm³/mol.